The molecule has 0 bridgehead atoms. The monoisotopic (exact) mass is 1240 g/mol. The molecule has 5 aromatic carbocycles. The van der Waals surface area contributed by atoms with Crippen molar-refractivity contribution in [3.05, 3.63) is 278 Å². The molecule has 13 rings (SSSR count). The lowest BCUT2D eigenvalue weighted by Gasteiger charge is -1.98. The lowest BCUT2D eigenvalue weighted by Crippen LogP contribution is -1.84. The molecule has 0 aliphatic heterocycles. The van der Waals surface area contributed by atoms with Crippen LogP contribution >= 0.6 is 0 Å². The minimum Gasteiger partial charge on any atom is -0.264 e. The number of aromatic nitrogens is 12. The minimum atomic E-state index is 0.759. The molecule has 8 heterocycles. The predicted molar refractivity (Wildman–Crippen MR) is 401 cm³/mol. The molecule has 12 nitrogen and oxygen atoms in total. The number of para-hydroxylation sites is 2. The second-order valence-electron chi connectivity index (χ2n) is 17.2. The molecule has 13 aromatic rings. The Morgan fingerprint density at radius 3 is 1.16 bits per heavy atom. The molecule has 0 amide bonds. The minimum absolute atomic E-state index is 0.759. The third kappa shape index (κ3) is 35.5. The van der Waals surface area contributed by atoms with Gasteiger partial charge in [0.05, 0.1) is 16.6 Å². The van der Waals surface area contributed by atoms with Gasteiger partial charge in [-0.1, -0.05) is 208 Å². The van der Waals surface area contributed by atoms with Crippen LogP contribution in [-0.2, 0) is 0 Å². The Bertz CT molecular complexity index is 3210. The molecule has 92 heavy (non-hydrogen) atoms. The number of nitrogens with zero attached hydrogens (tertiary/aromatic N) is 12. The Labute approximate surface area is 555 Å². The van der Waals surface area contributed by atoms with Crippen LogP contribution < -0.4 is 0 Å². The van der Waals surface area contributed by atoms with Crippen molar-refractivity contribution >= 4 is 54.3 Å². The maximum Gasteiger partial charge on any atom is 0.128 e. The van der Waals surface area contributed by atoms with Crippen LogP contribution in [0.25, 0.3) is 54.3 Å². The molecular formula is C80H110N12. The van der Waals surface area contributed by atoms with E-state index in [9.17, 15) is 0 Å². The molecule has 0 aliphatic rings. The van der Waals surface area contributed by atoms with E-state index in [0.29, 0.717) is 0 Å². The van der Waals surface area contributed by atoms with Crippen molar-refractivity contribution in [2.75, 3.05) is 0 Å². The zero-order valence-electron chi connectivity index (χ0n) is 60.3. The van der Waals surface area contributed by atoms with Gasteiger partial charge in [-0.05, 0) is 148 Å². The van der Waals surface area contributed by atoms with Crippen LogP contribution in [0.4, 0.5) is 0 Å². The van der Waals surface area contributed by atoms with Crippen LogP contribution in [0.2, 0.25) is 0 Å². The Kier molecular flexibility index (Phi) is 55.5. The molecule has 0 aliphatic carbocycles. The number of aryl methyl sites for hydroxylation is 8. The highest BCUT2D eigenvalue weighted by Gasteiger charge is 1.97. The summed E-state index contributed by atoms with van der Waals surface area (Å²) in [5.74, 6) is 0.759. The fourth-order valence-corrected chi connectivity index (χ4v) is 7.33. The maximum atomic E-state index is 4.28. The summed E-state index contributed by atoms with van der Waals surface area (Å²) in [6.07, 6.45) is 24.2. The van der Waals surface area contributed by atoms with Crippen molar-refractivity contribution in [3.63, 3.8) is 0 Å². The Balaban J connectivity index is -0.000000958. The summed E-state index contributed by atoms with van der Waals surface area (Å²) >= 11 is 0. The van der Waals surface area contributed by atoms with Crippen LogP contribution in [0, 0.1) is 55.4 Å². The fraction of sp³-hybridized carbons (Fsp3) is 0.300. The largest absolute Gasteiger partial charge is 0.264 e. The molecule has 0 radical (unpaired) electrons. The molecule has 0 spiro atoms. The van der Waals surface area contributed by atoms with Crippen LogP contribution in [0.5, 0.6) is 0 Å². The lowest BCUT2D eigenvalue weighted by molar-refractivity contribution is 0.974. The first-order chi connectivity index (χ1) is 45.1. The van der Waals surface area contributed by atoms with E-state index in [-0.39, 0.29) is 0 Å². The van der Waals surface area contributed by atoms with Gasteiger partial charge in [-0.15, -0.1) is 0 Å². The third-order valence-electron chi connectivity index (χ3n) is 11.4. The highest BCUT2D eigenvalue weighted by atomic mass is 15.0. The molecule has 0 unspecified atom stereocenters. The lowest BCUT2D eigenvalue weighted by atomic mass is 10.1. The summed E-state index contributed by atoms with van der Waals surface area (Å²) in [4.78, 5) is 47.2. The first-order valence-electron chi connectivity index (χ1n) is 32.6. The van der Waals surface area contributed by atoms with Gasteiger partial charge < -0.3 is 0 Å². The van der Waals surface area contributed by atoms with Crippen LogP contribution in [-0.4, -0.2) is 59.8 Å². The highest BCUT2D eigenvalue weighted by Crippen LogP contribution is 2.18. The Morgan fingerprint density at radius 2 is 0.663 bits per heavy atom. The van der Waals surface area contributed by atoms with E-state index in [1.54, 1.807) is 18.6 Å². The second kappa shape index (κ2) is 59.0. The topological polar surface area (TPSA) is 155 Å². The molecule has 0 saturated heterocycles. The van der Waals surface area contributed by atoms with Crippen molar-refractivity contribution in [1.29, 1.82) is 0 Å². The smallest absolute Gasteiger partial charge is 0.128 e. The van der Waals surface area contributed by atoms with E-state index in [1.807, 2.05) is 242 Å². The average molecular weight is 1240 g/mol. The van der Waals surface area contributed by atoms with E-state index in [0.717, 1.165) is 33.6 Å². The average Bonchev–Trinajstić information content (AvgIpc) is 1.93. The van der Waals surface area contributed by atoms with Crippen molar-refractivity contribution < 1.29 is 0 Å². The number of fused-ring (bicyclic) bond motifs is 5. The summed E-state index contributed by atoms with van der Waals surface area (Å²) in [5, 5.41) is 8.72. The first kappa shape index (κ1) is 86.5. The van der Waals surface area contributed by atoms with Crippen molar-refractivity contribution in [2.24, 2.45) is 0 Å². The summed E-state index contributed by atoms with van der Waals surface area (Å²) < 4.78 is 0. The van der Waals surface area contributed by atoms with Crippen molar-refractivity contribution in [3.8, 4) is 0 Å². The Hall–Kier alpha value is -9.68. The van der Waals surface area contributed by atoms with Gasteiger partial charge in [0, 0.05) is 94.6 Å². The number of hydrogen-bond donors (Lipinski definition) is 0. The highest BCUT2D eigenvalue weighted by molar-refractivity contribution is 5.86. The van der Waals surface area contributed by atoms with Gasteiger partial charge in [-0.2, -0.15) is 0 Å². The Morgan fingerprint density at radius 1 is 0.228 bits per heavy atom. The third-order valence-corrected chi connectivity index (χ3v) is 11.4. The number of rotatable bonds is 0. The molecular weight excluding hydrogens is 1130 g/mol. The number of benzene rings is 5. The first-order valence-corrected chi connectivity index (χ1v) is 32.6. The fourth-order valence-electron chi connectivity index (χ4n) is 7.33. The van der Waals surface area contributed by atoms with Gasteiger partial charge in [-0.3, -0.25) is 24.9 Å². The van der Waals surface area contributed by atoms with Gasteiger partial charge in [0.1, 0.15) is 31.1 Å². The van der Waals surface area contributed by atoms with Crippen LogP contribution in [0.1, 0.15) is 156 Å². The molecule has 0 atom stereocenters. The van der Waals surface area contributed by atoms with Gasteiger partial charge in [0.25, 0.3) is 0 Å². The van der Waals surface area contributed by atoms with Crippen molar-refractivity contribution in [1.82, 2.24) is 59.8 Å². The molecule has 0 N–H and O–H groups in total. The zero-order valence-corrected chi connectivity index (χ0v) is 60.3. The van der Waals surface area contributed by atoms with Crippen LogP contribution in [0.15, 0.2) is 233 Å². The van der Waals surface area contributed by atoms with E-state index in [1.165, 1.54) is 90.8 Å². The van der Waals surface area contributed by atoms with Gasteiger partial charge in [0.15, 0.2) is 0 Å². The molecule has 12 heteroatoms. The molecule has 0 saturated carbocycles. The van der Waals surface area contributed by atoms with Gasteiger partial charge in [-0.25, -0.2) is 34.9 Å². The van der Waals surface area contributed by atoms with Gasteiger partial charge >= 0.3 is 0 Å². The van der Waals surface area contributed by atoms with E-state index < -0.39 is 0 Å². The molecule has 8 aromatic heterocycles. The standard InChI is InChI=1S/5C10H9N.2C5H6N2.C4H5N3.8C2H6/c1-8-4-2-6-10-9(8)5-3-7-11-10;1-8-4-2-5-9-6-3-7-11-10(8)9;1-8-3-2-4-9-7-11-6-5-10(8)9;1-8-3-2-4-9-5-6-11-7-10(8)9;1-8-6-7-11-10-5-3-2-4-9(8)10;1-5-2-6-4-7-3-5;1-5-2-3-6-4-7-5;1-4-6-2-5-3-7-4;8*1-2/h5*2-7H,1H3;2*2-4H,1H3;2-3H,1H3;8*1-2H3. The summed E-state index contributed by atoms with van der Waals surface area (Å²) in [6, 6.07) is 49.1. The summed E-state index contributed by atoms with van der Waals surface area (Å²) in [5.41, 5.74) is 11.8. The number of pyridine rings is 5. The zero-order chi connectivity index (χ0) is 69.7. The van der Waals surface area contributed by atoms with E-state index in [2.05, 4.69) is 173 Å². The summed E-state index contributed by atoms with van der Waals surface area (Å²) in [7, 11) is 0. The second-order valence-corrected chi connectivity index (χ2v) is 17.2. The van der Waals surface area contributed by atoms with Crippen LogP contribution in [0.3, 0.4) is 0 Å². The van der Waals surface area contributed by atoms with E-state index >= 15 is 0 Å². The summed E-state index contributed by atoms with van der Waals surface area (Å²) in [6.45, 7) is 48.2. The van der Waals surface area contributed by atoms with E-state index in [4.69, 9.17) is 0 Å². The van der Waals surface area contributed by atoms with Crippen molar-refractivity contribution in [2.45, 2.75) is 166 Å². The number of hydrogen-bond acceptors (Lipinski definition) is 12. The SMILES string of the molecule is CC.CC.CC.CC.CC.CC.CC.CC.Cc1cccc2cccnc12.Cc1cccc2ccncc12.Cc1cccc2cnccc12.Cc1cccc2ncccc12.Cc1ccnc2ccccc12.Cc1ccncn1.Cc1cncnc1.Cc1ncncn1. The maximum absolute atomic E-state index is 4.28. The van der Waals surface area contributed by atoms with Gasteiger partial charge in [0.2, 0.25) is 0 Å². The quantitative estimate of drug-likeness (QED) is 0.142. The molecule has 490 valence electrons. The molecule has 0 fully saturated rings. The normalized spacial score (nSPS) is 8.65. The predicted octanol–water partition coefficient (Wildman–Crippen LogP) is 22.7.